The summed E-state index contributed by atoms with van der Waals surface area (Å²) in [5, 5.41) is 9.44. The lowest BCUT2D eigenvalue weighted by Crippen LogP contribution is -2.12. The van der Waals surface area contributed by atoms with E-state index in [2.05, 4.69) is 50.3 Å². The Morgan fingerprint density at radius 3 is 2.48 bits per heavy atom. The van der Waals surface area contributed by atoms with Crippen molar-refractivity contribution in [2.24, 2.45) is 0 Å². The van der Waals surface area contributed by atoms with Gasteiger partial charge in [-0.25, -0.2) is 9.97 Å². The summed E-state index contributed by atoms with van der Waals surface area (Å²) in [6.45, 7) is 6.28. The highest BCUT2D eigenvalue weighted by Gasteiger charge is 2.23. The minimum Gasteiger partial charge on any atom is -0.497 e. The third-order valence-corrected chi connectivity index (χ3v) is 5.71. The molecule has 148 valence electrons. The van der Waals surface area contributed by atoms with Crippen LogP contribution in [0.5, 0.6) is 5.75 Å². The molecule has 0 aliphatic rings. The van der Waals surface area contributed by atoms with Crippen LogP contribution in [-0.2, 0) is 5.41 Å². The second-order valence-corrected chi connectivity index (χ2v) is 9.13. The normalized spacial score (nSPS) is 11.6. The van der Waals surface area contributed by atoms with E-state index >= 15 is 0 Å². The molecule has 0 spiro atoms. The molecule has 3 aromatic heterocycles. The Kier molecular flexibility index (Phi) is 5.29. The minimum atomic E-state index is -0.107. The zero-order valence-electron chi connectivity index (χ0n) is 16.4. The molecular weight excluding hydrogens is 406 g/mol. The summed E-state index contributed by atoms with van der Waals surface area (Å²) in [6.07, 6.45) is 4.93. The van der Waals surface area contributed by atoms with Gasteiger partial charge in [-0.2, -0.15) is 4.37 Å². The third kappa shape index (κ3) is 4.13. The highest BCUT2D eigenvalue weighted by atomic mass is 32.2. The molecular formula is C19H19N7OS2. The monoisotopic (exact) mass is 425 g/mol. The Morgan fingerprint density at radius 2 is 1.86 bits per heavy atom. The van der Waals surface area contributed by atoms with Crippen molar-refractivity contribution in [2.75, 3.05) is 7.11 Å². The van der Waals surface area contributed by atoms with Crippen LogP contribution in [0.25, 0.3) is 17.2 Å². The first-order valence-electron chi connectivity index (χ1n) is 8.84. The Morgan fingerprint density at radius 1 is 1.07 bits per heavy atom. The molecule has 0 atom stereocenters. The largest absolute Gasteiger partial charge is 0.497 e. The van der Waals surface area contributed by atoms with Crippen molar-refractivity contribution in [3.8, 4) is 23.0 Å². The fourth-order valence-electron chi connectivity index (χ4n) is 2.51. The van der Waals surface area contributed by atoms with Crippen molar-refractivity contribution in [3.05, 3.63) is 48.7 Å². The number of benzene rings is 1. The molecule has 0 unspecified atom stereocenters. The van der Waals surface area contributed by atoms with Gasteiger partial charge in [0.05, 0.1) is 19.0 Å². The summed E-state index contributed by atoms with van der Waals surface area (Å²) in [6, 6.07) is 7.69. The SMILES string of the molecule is COc1ccc(-n2c(Sc3nc(C(C)(C)C)ns3)nnc2-c2cnccn2)cc1. The molecule has 4 rings (SSSR count). The standard InChI is InChI=1S/C19H19N7OS2/c1-19(2,3)16-22-18(29-25-16)28-17-24-23-15(14-11-20-9-10-21-14)26(17)12-5-7-13(27-4)8-6-12/h5-11H,1-4H3. The fourth-order valence-corrected chi connectivity index (χ4v) is 4.26. The minimum absolute atomic E-state index is 0.107. The van der Waals surface area contributed by atoms with E-state index in [0.29, 0.717) is 16.7 Å². The highest BCUT2D eigenvalue weighted by Crippen LogP contribution is 2.34. The molecule has 0 saturated carbocycles. The molecule has 0 aliphatic carbocycles. The number of ether oxygens (including phenoxy) is 1. The predicted molar refractivity (Wildman–Crippen MR) is 112 cm³/mol. The predicted octanol–water partition coefficient (Wildman–Crippen LogP) is 4.03. The van der Waals surface area contributed by atoms with Crippen LogP contribution in [-0.4, -0.2) is 41.2 Å². The van der Waals surface area contributed by atoms with Gasteiger partial charge in [-0.05, 0) is 47.6 Å². The maximum Gasteiger partial charge on any atom is 0.203 e. The summed E-state index contributed by atoms with van der Waals surface area (Å²) < 4.78 is 12.5. The smallest absolute Gasteiger partial charge is 0.203 e. The van der Waals surface area contributed by atoms with E-state index in [1.165, 1.54) is 23.3 Å². The van der Waals surface area contributed by atoms with Gasteiger partial charge in [0.2, 0.25) is 5.16 Å². The van der Waals surface area contributed by atoms with Gasteiger partial charge in [0, 0.05) is 17.8 Å². The lowest BCUT2D eigenvalue weighted by atomic mass is 9.96. The van der Waals surface area contributed by atoms with Gasteiger partial charge in [-0.1, -0.05) is 20.8 Å². The Bertz CT molecular complexity index is 1100. The highest BCUT2D eigenvalue weighted by molar-refractivity contribution is 8.00. The van der Waals surface area contributed by atoms with Gasteiger partial charge in [0.15, 0.2) is 10.2 Å². The van der Waals surface area contributed by atoms with E-state index in [1.807, 2.05) is 28.8 Å². The second kappa shape index (κ2) is 7.88. The maximum absolute atomic E-state index is 5.28. The zero-order valence-corrected chi connectivity index (χ0v) is 18.0. The number of methoxy groups -OCH3 is 1. The molecule has 1 aromatic carbocycles. The van der Waals surface area contributed by atoms with Crippen molar-refractivity contribution >= 4 is 23.3 Å². The molecule has 0 aliphatic heterocycles. The van der Waals surface area contributed by atoms with Crippen LogP contribution in [0.1, 0.15) is 26.6 Å². The fraction of sp³-hybridized carbons (Fsp3) is 0.263. The molecule has 4 aromatic rings. The first-order chi connectivity index (χ1) is 14.0. The van der Waals surface area contributed by atoms with E-state index in [9.17, 15) is 0 Å². The first-order valence-corrected chi connectivity index (χ1v) is 10.4. The summed E-state index contributed by atoms with van der Waals surface area (Å²) in [5.41, 5.74) is 1.42. The van der Waals surface area contributed by atoms with Gasteiger partial charge < -0.3 is 4.74 Å². The molecule has 0 fully saturated rings. The van der Waals surface area contributed by atoms with Crippen LogP contribution in [0, 0.1) is 0 Å². The lowest BCUT2D eigenvalue weighted by Gasteiger charge is -2.12. The second-order valence-electron chi connectivity index (χ2n) is 7.17. The average Bonchev–Trinajstić information content (AvgIpc) is 3.36. The van der Waals surface area contributed by atoms with Gasteiger partial charge >= 0.3 is 0 Å². The molecule has 3 heterocycles. The lowest BCUT2D eigenvalue weighted by molar-refractivity contribution is 0.414. The van der Waals surface area contributed by atoms with Crippen LogP contribution in [0.3, 0.4) is 0 Å². The molecule has 8 nitrogen and oxygen atoms in total. The Labute approximate surface area is 176 Å². The summed E-state index contributed by atoms with van der Waals surface area (Å²) in [5.74, 6) is 2.19. The molecule has 0 radical (unpaired) electrons. The van der Waals surface area contributed by atoms with Crippen LogP contribution in [0.15, 0.2) is 52.4 Å². The van der Waals surface area contributed by atoms with Crippen molar-refractivity contribution in [1.82, 2.24) is 34.1 Å². The van der Waals surface area contributed by atoms with Crippen LogP contribution in [0.2, 0.25) is 0 Å². The Hall–Kier alpha value is -2.85. The third-order valence-electron chi connectivity index (χ3n) is 4.01. The summed E-state index contributed by atoms with van der Waals surface area (Å²) in [7, 11) is 1.64. The molecule has 0 N–H and O–H groups in total. The zero-order chi connectivity index (χ0) is 20.4. The molecule has 0 saturated heterocycles. The number of hydrogen-bond donors (Lipinski definition) is 0. The van der Waals surface area contributed by atoms with E-state index in [0.717, 1.165) is 21.6 Å². The van der Waals surface area contributed by atoms with E-state index in [4.69, 9.17) is 4.74 Å². The van der Waals surface area contributed by atoms with Crippen molar-refractivity contribution in [3.63, 3.8) is 0 Å². The Balaban J connectivity index is 1.77. The topological polar surface area (TPSA) is 91.5 Å². The van der Waals surface area contributed by atoms with Gasteiger partial charge in [0.1, 0.15) is 17.3 Å². The first kappa shape index (κ1) is 19.5. The van der Waals surface area contributed by atoms with Crippen molar-refractivity contribution < 1.29 is 4.74 Å². The average molecular weight is 426 g/mol. The van der Waals surface area contributed by atoms with Crippen LogP contribution in [0.4, 0.5) is 0 Å². The van der Waals surface area contributed by atoms with Gasteiger partial charge in [0.25, 0.3) is 0 Å². The number of hydrogen-bond acceptors (Lipinski definition) is 9. The summed E-state index contributed by atoms with van der Waals surface area (Å²) >= 11 is 2.79. The van der Waals surface area contributed by atoms with E-state index in [1.54, 1.807) is 25.7 Å². The van der Waals surface area contributed by atoms with Gasteiger partial charge in [-0.15, -0.1) is 10.2 Å². The van der Waals surface area contributed by atoms with Crippen LogP contribution < -0.4 is 4.74 Å². The molecule has 29 heavy (non-hydrogen) atoms. The molecule has 10 heteroatoms. The molecule has 0 bridgehead atoms. The van der Waals surface area contributed by atoms with E-state index in [-0.39, 0.29) is 5.41 Å². The molecule has 0 amide bonds. The van der Waals surface area contributed by atoms with Crippen LogP contribution >= 0.6 is 23.3 Å². The van der Waals surface area contributed by atoms with Crippen molar-refractivity contribution in [2.45, 2.75) is 35.7 Å². The van der Waals surface area contributed by atoms with E-state index < -0.39 is 0 Å². The summed E-state index contributed by atoms with van der Waals surface area (Å²) in [4.78, 5) is 13.2. The number of rotatable bonds is 5. The number of nitrogens with zero attached hydrogens (tertiary/aromatic N) is 7. The quantitative estimate of drug-likeness (QED) is 0.473. The van der Waals surface area contributed by atoms with Crippen molar-refractivity contribution in [1.29, 1.82) is 0 Å². The maximum atomic E-state index is 5.28. The van der Waals surface area contributed by atoms with Gasteiger partial charge in [-0.3, -0.25) is 9.55 Å². The number of aromatic nitrogens is 7.